The van der Waals surface area contributed by atoms with E-state index in [1.165, 1.54) is 42.2 Å². The molecule has 4 heterocycles. The molecule has 0 amide bonds. The van der Waals surface area contributed by atoms with Gasteiger partial charge in [0.25, 0.3) is 0 Å². The van der Waals surface area contributed by atoms with E-state index < -0.39 is 10.0 Å². The number of hydrogen-bond donors (Lipinski definition) is 0. The minimum absolute atomic E-state index is 0.455. The Hall–Kier alpha value is -2.84. The van der Waals surface area contributed by atoms with Gasteiger partial charge in [0.1, 0.15) is 0 Å². The fraction of sp³-hybridized carbons (Fsp3) is 0.464. The van der Waals surface area contributed by atoms with E-state index >= 15 is 0 Å². The third-order valence-electron chi connectivity index (χ3n) is 7.61. The van der Waals surface area contributed by atoms with Crippen LogP contribution >= 0.6 is 0 Å². The van der Waals surface area contributed by atoms with Crippen molar-refractivity contribution in [2.45, 2.75) is 52.0 Å². The van der Waals surface area contributed by atoms with E-state index in [0.717, 1.165) is 55.1 Å². The Morgan fingerprint density at radius 2 is 1.72 bits per heavy atom. The molecular weight excluding hydrogens is 470 g/mol. The van der Waals surface area contributed by atoms with Gasteiger partial charge in [-0.1, -0.05) is 19.1 Å². The highest BCUT2D eigenvalue weighted by Crippen LogP contribution is 2.28. The number of piperidine rings is 1. The van der Waals surface area contributed by atoms with Gasteiger partial charge >= 0.3 is 0 Å². The molecule has 5 rings (SSSR count). The molecule has 1 saturated heterocycles. The van der Waals surface area contributed by atoms with E-state index in [2.05, 4.69) is 57.1 Å². The summed E-state index contributed by atoms with van der Waals surface area (Å²) >= 11 is 0. The molecular formula is C28H35N5O2S. The van der Waals surface area contributed by atoms with Crippen LogP contribution in [0.1, 0.15) is 48.4 Å². The van der Waals surface area contributed by atoms with Crippen LogP contribution in [0.4, 0.5) is 5.95 Å². The molecule has 1 fully saturated rings. The van der Waals surface area contributed by atoms with Crippen LogP contribution in [0.5, 0.6) is 0 Å². The van der Waals surface area contributed by atoms with Crippen molar-refractivity contribution in [2.75, 3.05) is 30.8 Å². The monoisotopic (exact) mass is 505 g/mol. The molecule has 0 aliphatic carbocycles. The summed E-state index contributed by atoms with van der Waals surface area (Å²) < 4.78 is 25.4. The lowest BCUT2D eigenvalue weighted by Crippen LogP contribution is -2.35. The Bertz CT molecular complexity index is 1300. The van der Waals surface area contributed by atoms with Crippen molar-refractivity contribution in [3.05, 3.63) is 71.2 Å². The zero-order chi connectivity index (χ0) is 25.1. The van der Waals surface area contributed by atoms with E-state index in [0.29, 0.717) is 19.0 Å². The molecule has 0 bridgehead atoms. The van der Waals surface area contributed by atoms with Crippen LogP contribution in [-0.4, -0.2) is 53.6 Å². The third kappa shape index (κ3) is 5.76. The number of pyridine rings is 1. The topological polar surface area (TPSA) is 79.3 Å². The van der Waals surface area contributed by atoms with Crippen LogP contribution in [0.15, 0.2) is 48.9 Å². The maximum atomic E-state index is 11.9. The number of aryl methyl sites for hydroxylation is 2. The van der Waals surface area contributed by atoms with E-state index in [4.69, 9.17) is 0 Å². The van der Waals surface area contributed by atoms with E-state index in [9.17, 15) is 8.42 Å². The van der Waals surface area contributed by atoms with Gasteiger partial charge in [-0.15, -0.1) is 0 Å². The highest BCUT2D eigenvalue weighted by Gasteiger charge is 2.24. The molecule has 0 atom stereocenters. The second-order valence-electron chi connectivity index (χ2n) is 10.1. The van der Waals surface area contributed by atoms with Crippen molar-refractivity contribution in [2.24, 2.45) is 5.92 Å². The zero-order valence-corrected chi connectivity index (χ0v) is 22.0. The van der Waals surface area contributed by atoms with Crippen LogP contribution in [0, 0.1) is 5.92 Å². The fourth-order valence-electron chi connectivity index (χ4n) is 5.24. The largest absolute Gasteiger partial charge is 0.341 e. The van der Waals surface area contributed by atoms with E-state index in [1.54, 1.807) is 4.31 Å². The predicted octanol–water partition coefficient (Wildman–Crippen LogP) is 4.27. The zero-order valence-electron chi connectivity index (χ0n) is 21.2. The number of fused-ring (bicyclic) bond motifs is 1. The summed E-state index contributed by atoms with van der Waals surface area (Å²) in [6.07, 6.45) is 13.4. The van der Waals surface area contributed by atoms with Crippen molar-refractivity contribution >= 4 is 16.0 Å². The van der Waals surface area contributed by atoms with Crippen LogP contribution in [0.2, 0.25) is 0 Å². The smallest absolute Gasteiger partial charge is 0.225 e. The minimum Gasteiger partial charge on any atom is -0.341 e. The Morgan fingerprint density at radius 3 is 2.44 bits per heavy atom. The Labute approximate surface area is 214 Å². The lowest BCUT2D eigenvalue weighted by Gasteiger charge is -2.32. The average Bonchev–Trinajstić information content (AvgIpc) is 2.91. The van der Waals surface area contributed by atoms with Gasteiger partial charge in [0.15, 0.2) is 0 Å². The Morgan fingerprint density at radius 1 is 0.944 bits per heavy atom. The first-order chi connectivity index (χ1) is 17.4. The van der Waals surface area contributed by atoms with Gasteiger partial charge in [0.2, 0.25) is 16.0 Å². The van der Waals surface area contributed by atoms with Crippen LogP contribution in [0.3, 0.4) is 0 Å². The minimum atomic E-state index is -3.16. The summed E-state index contributed by atoms with van der Waals surface area (Å²) in [6, 6.07) is 10.7. The summed E-state index contributed by atoms with van der Waals surface area (Å²) in [5, 5.41) is 0. The lowest BCUT2D eigenvalue weighted by molar-refractivity contribution is 0.379. The SMILES string of the molecule is CCc1cnc(N2CCC(CCc3ccnc(-c4ccc5c(c4)CCN(S(C)(=O)=O)C5)c3)CC2)nc1. The lowest BCUT2D eigenvalue weighted by atomic mass is 9.90. The van der Waals surface area contributed by atoms with Gasteiger partial charge in [-0.25, -0.2) is 18.4 Å². The Balaban J connectivity index is 1.17. The van der Waals surface area contributed by atoms with Crippen molar-refractivity contribution < 1.29 is 8.42 Å². The van der Waals surface area contributed by atoms with Gasteiger partial charge in [-0.05, 0) is 84.9 Å². The van der Waals surface area contributed by atoms with Crippen LogP contribution in [-0.2, 0) is 35.8 Å². The summed E-state index contributed by atoms with van der Waals surface area (Å²) in [6.45, 7) is 5.15. The normalized spacial score (nSPS) is 17.2. The molecule has 2 aromatic heterocycles. The molecule has 2 aliphatic heterocycles. The van der Waals surface area contributed by atoms with E-state index in [1.807, 2.05) is 18.6 Å². The van der Waals surface area contributed by atoms with Crippen LogP contribution < -0.4 is 4.90 Å². The molecule has 0 saturated carbocycles. The molecule has 1 aromatic carbocycles. The molecule has 0 radical (unpaired) electrons. The first kappa shape index (κ1) is 24.8. The molecule has 0 spiro atoms. The molecule has 7 nitrogen and oxygen atoms in total. The number of anilines is 1. The number of aromatic nitrogens is 3. The first-order valence-corrected chi connectivity index (χ1v) is 14.8. The quantitative estimate of drug-likeness (QED) is 0.477. The molecule has 0 unspecified atom stereocenters. The van der Waals surface area contributed by atoms with Gasteiger partial charge in [-0.3, -0.25) is 4.98 Å². The summed E-state index contributed by atoms with van der Waals surface area (Å²) in [5.74, 6) is 1.58. The van der Waals surface area contributed by atoms with Gasteiger partial charge in [-0.2, -0.15) is 4.31 Å². The van der Waals surface area contributed by atoms with Crippen molar-refractivity contribution in [3.63, 3.8) is 0 Å². The maximum absolute atomic E-state index is 11.9. The van der Waals surface area contributed by atoms with Gasteiger partial charge in [0.05, 0.1) is 11.9 Å². The number of sulfonamides is 1. The maximum Gasteiger partial charge on any atom is 0.225 e. The molecule has 2 aliphatic rings. The summed E-state index contributed by atoms with van der Waals surface area (Å²) in [4.78, 5) is 16.0. The van der Waals surface area contributed by atoms with E-state index in [-0.39, 0.29) is 0 Å². The van der Waals surface area contributed by atoms with Gasteiger partial charge < -0.3 is 4.90 Å². The summed E-state index contributed by atoms with van der Waals surface area (Å²) in [7, 11) is -3.16. The molecule has 36 heavy (non-hydrogen) atoms. The molecule has 190 valence electrons. The molecule has 3 aromatic rings. The second-order valence-corrected chi connectivity index (χ2v) is 12.1. The van der Waals surface area contributed by atoms with Crippen molar-refractivity contribution in [3.8, 4) is 11.3 Å². The van der Waals surface area contributed by atoms with Crippen LogP contribution in [0.25, 0.3) is 11.3 Å². The van der Waals surface area contributed by atoms with Crippen molar-refractivity contribution in [1.29, 1.82) is 0 Å². The second kappa shape index (κ2) is 10.6. The Kier molecular flexibility index (Phi) is 7.34. The first-order valence-electron chi connectivity index (χ1n) is 13.0. The third-order valence-corrected chi connectivity index (χ3v) is 8.86. The number of nitrogens with zero attached hydrogens (tertiary/aromatic N) is 5. The average molecular weight is 506 g/mol. The molecule has 0 N–H and O–H groups in total. The van der Waals surface area contributed by atoms with Gasteiger partial charge in [0, 0.05) is 50.3 Å². The van der Waals surface area contributed by atoms with Crippen molar-refractivity contribution in [1.82, 2.24) is 19.3 Å². The highest BCUT2D eigenvalue weighted by atomic mass is 32.2. The predicted molar refractivity (Wildman–Crippen MR) is 143 cm³/mol. The number of rotatable bonds is 7. The number of hydrogen-bond acceptors (Lipinski definition) is 6. The standard InChI is InChI=1S/C28H35N5O2S/c1-3-21-18-30-28(31-19-21)32-13-9-22(10-14-32)4-5-23-8-12-29-27(16-23)25-6-7-26-20-33(36(2,34)35)15-11-24(26)17-25/h6-8,12,16-19,22H,3-5,9-11,13-15,20H2,1-2H3. The highest BCUT2D eigenvalue weighted by molar-refractivity contribution is 7.88. The molecule has 8 heteroatoms. The number of benzene rings is 1. The summed E-state index contributed by atoms with van der Waals surface area (Å²) in [5.41, 5.74) is 6.90. The fourth-order valence-corrected chi connectivity index (χ4v) is 6.04.